The lowest BCUT2D eigenvalue weighted by atomic mass is 10.2. The van der Waals surface area contributed by atoms with Crippen molar-refractivity contribution in [2.24, 2.45) is 0 Å². The van der Waals surface area contributed by atoms with E-state index in [0.717, 1.165) is 19.2 Å². The summed E-state index contributed by atoms with van der Waals surface area (Å²) in [5.41, 5.74) is 3.90. The smallest absolute Gasteiger partial charge is 0.115 e. The van der Waals surface area contributed by atoms with Crippen molar-refractivity contribution in [3.05, 3.63) is 102 Å². The molecule has 0 saturated heterocycles. The molecule has 0 amide bonds. The van der Waals surface area contributed by atoms with E-state index in [1.54, 1.807) is 0 Å². The predicted molar refractivity (Wildman–Crippen MR) is 128 cm³/mol. The molecule has 1 nitrogen and oxygen atoms in total. The topological polar surface area (TPSA) is 9.23 Å². The second kappa shape index (κ2) is 8.66. The van der Waals surface area contributed by atoms with Crippen LogP contribution in [0, 0.1) is 20.8 Å². The Kier molecular flexibility index (Phi) is 5.99. The van der Waals surface area contributed by atoms with Gasteiger partial charge in [-0.25, -0.2) is 0 Å². The molecule has 2 heteroatoms. The van der Waals surface area contributed by atoms with E-state index in [2.05, 4.69) is 106 Å². The van der Waals surface area contributed by atoms with Gasteiger partial charge in [0.05, 0.1) is 6.61 Å². The van der Waals surface area contributed by atoms with Crippen molar-refractivity contribution in [3.63, 3.8) is 0 Å². The van der Waals surface area contributed by atoms with Crippen molar-refractivity contribution in [2.45, 2.75) is 33.3 Å². The maximum absolute atomic E-state index is 6.21. The lowest BCUT2D eigenvalue weighted by molar-refractivity contribution is 0.0948. The first-order chi connectivity index (χ1) is 14.1. The zero-order valence-electron chi connectivity index (χ0n) is 17.6. The molecular weight excluding hydrogens is 371 g/mol. The number of hydrogen-bond donors (Lipinski definition) is 0. The number of ether oxygens (including phenoxy) is 1. The standard InChI is InChI=1S/C27H30OP/c1-21-7-13-25(14-8-21)29(20-24-6-4-5-19-28-24,26-15-9-22(2)10-16-26)27-17-11-23(3)12-18-27/h4,6-18,24H,5,19-20H2,1-3H3/q+1. The molecule has 0 radical (unpaired) electrons. The van der Waals surface area contributed by atoms with E-state index in [1.807, 2.05) is 0 Å². The summed E-state index contributed by atoms with van der Waals surface area (Å²) in [5, 5.41) is 4.29. The highest BCUT2D eigenvalue weighted by molar-refractivity contribution is 7.95. The first-order valence-corrected chi connectivity index (χ1v) is 12.4. The maximum Gasteiger partial charge on any atom is 0.115 e. The van der Waals surface area contributed by atoms with Gasteiger partial charge in [0, 0.05) is 0 Å². The summed E-state index contributed by atoms with van der Waals surface area (Å²) in [6.45, 7) is 7.30. The van der Waals surface area contributed by atoms with E-state index in [9.17, 15) is 0 Å². The van der Waals surface area contributed by atoms with Crippen LogP contribution in [-0.4, -0.2) is 18.9 Å². The van der Waals surface area contributed by atoms with Gasteiger partial charge in [-0.05, 0) is 63.6 Å². The van der Waals surface area contributed by atoms with Crippen LogP contribution in [0.1, 0.15) is 23.1 Å². The van der Waals surface area contributed by atoms with Gasteiger partial charge in [-0.15, -0.1) is 0 Å². The minimum Gasteiger partial charge on any atom is -0.370 e. The molecule has 3 aromatic carbocycles. The molecular formula is C27H30OP+. The highest BCUT2D eigenvalue weighted by atomic mass is 31.2. The molecule has 0 aliphatic carbocycles. The van der Waals surface area contributed by atoms with Gasteiger partial charge < -0.3 is 4.74 Å². The molecule has 0 bridgehead atoms. The van der Waals surface area contributed by atoms with Crippen LogP contribution in [0.5, 0.6) is 0 Å². The molecule has 1 unspecified atom stereocenters. The van der Waals surface area contributed by atoms with E-state index in [0.29, 0.717) is 0 Å². The van der Waals surface area contributed by atoms with Crippen molar-refractivity contribution in [2.75, 3.05) is 12.8 Å². The normalized spacial score (nSPS) is 16.7. The molecule has 0 fully saturated rings. The SMILES string of the molecule is Cc1ccc([P+](CC2C=CCCO2)(c2ccc(C)cc2)c2ccc(C)cc2)cc1. The molecule has 4 rings (SSSR count). The molecule has 0 saturated carbocycles. The van der Waals surface area contributed by atoms with Gasteiger partial charge in [0.15, 0.2) is 0 Å². The van der Waals surface area contributed by atoms with Gasteiger partial charge in [0.2, 0.25) is 0 Å². The Balaban J connectivity index is 1.95. The fraction of sp³-hybridized carbons (Fsp3) is 0.259. The summed E-state index contributed by atoms with van der Waals surface area (Å²) in [6.07, 6.45) is 6.72. The molecule has 1 atom stereocenters. The monoisotopic (exact) mass is 401 g/mol. The molecule has 0 spiro atoms. The molecule has 29 heavy (non-hydrogen) atoms. The van der Waals surface area contributed by atoms with Crippen LogP contribution in [-0.2, 0) is 4.74 Å². The van der Waals surface area contributed by atoms with Crippen LogP contribution >= 0.6 is 7.26 Å². The average molecular weight is 402 g/mol. The van der Waals surface area contributed by atoms with Crippen LogP contribution in [0.3, 0.4) is 0 Å². The predicted octanol–water partition coefficient (Wildman–Crippen LogP) is 5.25. The van der Waals surface area contributed by atoms with Gasteiger partial charge >= 0.3 is 0 Å². The highest BCUT2D eigenvalue weighted by Crippen LogP contribution is 2.56. The summed E-state index contributed by atoms with van der Waals surface area (Å²) in [7, 11) is -1.86. The lowest BCUT2D eigenvalue weighted by Gasteiger charge is -2.31. The Hall–Kier alpha value is -2.21. The van der Waals surface area contributed by atoms with E-state index >= 15 is 0 Å². The minimum absolute atomic E-state index is 0.154. The fourth-order valence-corrected chi connectivity index (χ4v) is 8.40. The third-order valence-corrected chi connectivity index (χ3v) is 10.3. The van der Waals surface area contributed by atoms with Crippen molar-refractivity contribution in [1.82, 2.24) is 0 Å². The maximum atomic E-state index is 6.21. The summed E-state index contributed by atoms with van der Waals surface area (Å²) in [4.78, 5) is 0. The van der Waals surface area contributed by atoms with Crippen LogP contribution in [0.2, 0.25) is 0 Å². The van der Waals surface area contributed by atoms with E-state index < -0.39 is 7.26 Å². The molecule has 0 N–H and O–H groups in total. The van der Waals surface area contributed by atoms with Crippen molar-refractivity contribution in [1.29, 1.82) is 0 Å². The fourth-order valence-electron chi connectivity index (χ4n) is 4.14. The Bertz CT molecular complexity index is 858. The summed E-state index contributed by atoms with van der Waals surface area (Å²) >= 11 is 0. The van der Waals surface area contributed by atoms with Gasteiger partial charge in [-0.2, -0.15) is 0 Å². The zero-order chi connectivity index (χ0) is 20.3. The minimum atomic E-state index is -1.86. The second-order valence-electron chi connectivity index (χ2n) is 8.13. The van der Waals surface area contributed by atoms with Crippen LogP contribution in [0.15, 0.2) is 84.9 Å². The van der Waals surface area contributed by atoms with Gasteiger partial charge in [0.1, 0.15) is 35.4 Å². The first-order valence-electron chi connectivity index (χ1n) is 10.5. The third-order valence-electron chi connectivity index (χ3n) is 5.85. The van der Waals surface area contributed by atoms with Crippen LogP contribution in [0.25, 0.3) is 0 Å². The molecule has 1 aliphatic heterocycles. The zero-order valence-corrected chi connectivity index (χ0v) is 18.5. The summed E-state index contributed by atoms with van der Waals surface area (Å²) in [6, 6.07) is 27.6. The largest absolute Gasteiger partial charge is 0.370 e. The van der Waals surface area contributed by atoms with E-state index in [-0.39, 0.29) is 6.10 Å². The van der Waals surface area contributed by atoms with Crippen LogP contribution < -0.4 is 15.9 Å². The van der Waals surface area contributed by atoms with Crippen molar-refractivity contribution in [3.8, 4) is 0 Å². The van der Waals surface area contributed by atoms with Crippen LogP contribution in [0.4, 0.5) is 0 Å². The Morgan fingerprint density at radius 2 is 1.10 bits per heavy atom. The Labute approximate surface area is 175 Å². The summed E-state index contributed by atoms with van der Waals surface area (Å²) in [5.74, 6) is 0. The number of aryl methyl sites for hydroxylation is 3. The number of rotatable bonds is 5. The molecule has 1 heterocycles. The Morgan fingerprint density at radius 1 is 0.690 bits per heavy atom. The quantitative estimate of drug-likeness (QED) is 0.419. The molecule has 1 aliphatic rings. The van der Waals surface area contributed by atoms with E-state index in [1.165, 1.54) is 32.6 Å². The average Bonchev–Trinajstić information content (AvgIpc) is 2.75. The van der Waals surface area contributed by atoms with E-state index in [4.69, 9.17) is 4.74 Å². The van der Waals surface area contributed by atoms with Gasteiger partial charge in [-0.3, -0.25) is 0 Å². The van der Waals surface area contributed by atoms with Gasteiger partial charge in [0.25, 0.3) is 0 Å². The van der Waals surface area contributed by atoms with Gasteiger partial charge in [-0.1, -0.05) is 65.2 Å². The molecule has 0 aromatic heterocycles. The van der Waals surface area contributed by atoms with Crippen molar-refractivity contribution < 1.29 is 4.74 Å². The van der Waals surface area contributed by atoms with Crippen molar-refractivity contribution >= 4 is 23.2 Å². The summed E-state index contributed by atoms with van der Waals surface area (Å²) < 4.78 is 6.21. The Morgan fingerprint density at radius 3 is 1.45 bits per heavy atom. The second-order valence-corrected chi connectivity index (χ2v) is 11.7. The molecule has 148 valence electrons. The highest BCUT2D eigenvalue weighted by Gasteiger charge is 2.47. The first kappa shape index (κ1) is 20.1. The number of hydrogen-bond acceptors (Lipinski definition) is 1. The third kappa shape index (κ3) is 4.22. The lowest BCUT2D eigenvalue weighted by Crippen LogP contribution is -2.38. The number of benzene rings is 3. The molecule has 3 aromatic rings.